The van der Waals surface area contributed by atoms with Crippen LogP contribution in [0.1, 0.15) is 31.2 Å². The molecule has 1 aliphatic carbocycles. The zero-order valence-corrected chi connectivity index (χ0v) is 14.6. The fourth-order valence-electron chi connectivity index (χ4n) is 3.05. The molecule has 0 atom stereocenters. The normalized spacial score (nSPS) is 15.1. The van der Waals surface area contributed by atoms with Crippen LogP contribution >= 0.6 is 0 Å². The smallest absolute Gasteiger partial charge is 0.251 e. The highest BCUT2D eigenvalue weighted by Gasteiger charge is 2.20. The summed E-state index contributed by atoms with van der Waals surface area (Å²) in [5.41, 5.74) is 3.51. The van der Waals surface area contributed by atoms with Gasteiger partial charge < -0.3 is 5.32 Å². The van der Waals surface area contributed by atoms with Gasteiger partial charge in [0.05, 0.1) is 4.90 Å². The topological polar surface area (TPSA) is 89.3 Å². The van der Waals surface area contributed by atoms with Crippen LogP contribution in [0.25, 0.3) is 5.57 Å². The monoisotopic (exact) mass is 356 g/mol. The summed E-state index contributed by atoms with van der Waals surface area (Å²) in [6.07, 6.45) is 3.69. The van der Waals surface area contributed by atoms with Crippen LogP contribution in [-0.2, 0) is 14.8 Å². The molecule has 2 aromatic rings. The molecule has 0 saturated heterocycles. The van der Waals surface area contributed by atoms with Crippen molar-refractivity contribution in [3.63, 3.8) is 0 Å². The van der Waals surface area contributed by atoms with Crippen molar-refractivity contribution < 1.29 is 13.2 Å². The summed E-state index contributed by atoms with van der Waals surface area (Å²) >= 11 is 0. The predicted molar refractivity (Wildman–Crippen MR) is 98.3 cm³/mol. The predicted octanol–water partition coefficient (Wildman–Crippen LogP) is 3.30. The first-order valence-corrected chi connectivity index (χ1v) is 9.71. The van der Waals surface area contributed by atoms with Gasteiger partial charge in [-0.2, -0.15) is 0 Å². The second kappa shape index (κ2) is 7.21. The minimum Gasteiger partial charge on any atom is -0.322 e. The largest absolute Gasteiger partial charge is 0.322 e. The first kappa shape index (κ1) is 17.4. The van der Waals surface area contributed by atoms with Crippen LogP contribution in [0, 0.1) is 0 Å². The number of rotatable bonds is 4. The number of nitrogens with one attached hydrogen (secondary N) is 1. The fourth-order valence-corrected chi connectivity index (χ4v) is 3.56. The molecule has 0 saturated carbocycles. The van der Waals surface area contributed by atoms with E-state index in [4.69, 9.17) is 5.14 Å². The Morgan fingerprint density at radius 2 is 1.56 bits per heavy atom. The van der Waals surface area contributed by atoms with Crippen LogP contribution in [0.3, 0.4) is 0 Å². The summed E-state index contributed by atoms with van der Waals surface area (Å²) in [6.45, 7) is 0. The number of primary sulfonamides is 1. The van der Waals surface area contributed by atoms with Crippen LogP contribution in [0.2, 0.25) is 0 Å². The van der Waals surface area contributed by atoms with Crippen molar-refractivity contribution >= 4 is 27.2 Å². The van der Waals surface area contributed by atoms with Gasteiger partial charge in [0.1, 0.15) is 0 Å². The zero-order valence-electron chi connectivity index (χ0n) is 13.7. The third-order valence-corrected chi connectivity index (χ3v) is 5.23. The molecule has 25 heavy (non-hydrogen) atoms. The van der Waals surface area contributed by atoms with Gasteiger partial charge in [-0.3, -0.25) is 4.79 Å². The lowest BCUT2D eigenvalue weighted by Crippen LogP contribution is -2.18. The van der Waals surface area contributed by atoms with Crippen molar-refractivity contribution in [2.45, 2.75) is 30.6 Å². The van der Waals surface area contributed by atoms with Crippen LogP contribution in [0.4, 0.5) is 5.69 Å². The standard InChI is InChI=1S/C19H20N2O3S/c20-25(23,24)16-12-10-15(11-13-16)21-19(22)18-9-5-4-8-17(18)14-6-2-1-3-7-14/h1-3,6-7,10-13H,4-5,8-9H2,(H,21,22)(H2,20,23,24). The molecular formula is C19H20N2O3S. The van der Waals surface area contributed by atoms with E-state index in [0.29, 0.717) is 5.69 Å². The Bertz CT molecular complexity index is 901. The third kappa shape index (κ3) is 4.15. The third-order valence-electron chi connectivity index (χ3n) is 4.30. The average Bonchev–Trinajstić information content (AvgIpc) is 2.62. The SMILES string of the molecule is NS(=O)(=O)c1ccc(NC(=O)C2=C(c3ccccc3)CCCC2)cc1. The number of hydrogen-bond donors (Lipinski definition) is 2. The van der Waals surface area contributed by atoms with Crippen molar-refractivity contribution in [1.82, 2.24) is 0 Å². The van der Waals surface area contributed by atoms with Crippen LogP contribution in [0.5, 0.6) is 0 Å². The van der Waals surface area contributed by atoms with E-state index in [0.717, 1.165) is 42.4 Å². The minimum atomic E-state index is -3.74. The number of carbonyl (C=O) groups is 1. The highest BCUT2D eigenvalue weighted by Crippen LogP contribution is 2.33. The molecule has 6 heteroatoms. The molecule has 1 amide bonds. The number of benzene rings is 2. The summed E-state index contributed by atoms with van der Waals surface area (Å²) in [7, 11) is -3.74. The molecule has 0 bridgehead atoms. The number of sulfonamides is 1. The van der Waals surface area contributed by atoms with Gasteiger partial charge in [-0.05, 0) is 61.1 Å². The molecular weight excluding hydrogens is 336 g/mol. The first-order valence-electron chi connectivity index (χ1n) is 8.17. The van der Waals surface area contributed by atoms with E-state index < -0.39 is 10.0 Å². The van der Waals surface area contributed by atoms with E-state index in [2.05, 4.69) is 5.32 Å². The van der Waals surface area contributed by atoms with E-state index in [-0.39, 0.29) is 10.8 Å². The van der Waals surface area contributed by atoms with Gasteiger partial charge in [0.15, 0.2) is 0 Å². The van der Waals surface area contributed by atoms with Gasteiger partial charge in [0, 0.05) is 11.3 Å². The van der Waals surface area contributed by atoms with Crippen molar-refractivity contribution in [2.24, 2.45) is 5.14 Å². The van der Waals surface area contributed by atoms with E-state index in [1.165, 1.54) is 12.1 Å². The summed E-state index contributed by atoms with van der Waals surface area (Å²) in [4.78, 5) is 12.7. The lowest BCUT2D eigenvalue weighted by atomic mass is 9.87. The van der Waals surface area contributed by atoms with E-state index in [1.807, 2.05) is 30.3 Å². The van der Waals surface area contributed by atoms with Gasteiger partial charge in [-0.15, -0.1) is 0 Å². The molecule has 0 aromatic heterocycles. The van der Waals surface area contributed by atoms with Gasteiger partial charge in [0.2, 0.25) is 10.0 Å². The van der Waals surface area contributed by atoms with Gasteiger partial charge in [-0.1, -0.05) is 30.3 Å². The molecule has 0 aliphatic heterocycles. The Labute approximate surface area is 147 Å². The molecule has 3 rings (SSSR count). The molecule has 0 heterocycles. The zero-order chi connectivity index (χ0) is 17.9. The number of nitrogens with two attached hydrogens (primary N) is 1. The van der Waals surface area contributed by atoms with Crippen molar-refractivity contribution in [3.8, 4) is 0 Å². The Kier molecular flexibility index (Phi) is 5.01. The number of allylic oxidation sites excluding steroid dienone is 1. The maximum atomic E-state index is 12.7. The molecule has 3 N–H and O–H groups in total. The summed E-state index contributed by atoms with van der Waals surface area (Å²) < 4.78 is 22.6. The molecule has 5 nitrogen and oxygen atoms in total. The average molecular weight is 356 g/mol. The molecule has 0 spiro atoms. The summed E-state index contributed by atoms with van der Waals surface area (Å²) in [5, 5.41) is 7.94. The molecule has 130 valence electrons. The molecule has 0 fully saturated rings. The van der Waals surface area contributed by atoms with Crippen LogP contribution in [-0.4, -0.2) is 14.3 Å². The van der Waals surface area contributed by atoms with Crippen LogP contribution in [0.15, 0.2) is 65.1 Å². The summed E-state index contributed by atoms with van der Waals surface area (Å²) in [6, 6.07) is 15.8. The van der Waals surface area contributed by atoms with E-state index in [9.17, 15) is 13.2 Å². The second-order valence-corrected chi connectivity index (χ2v) is 7.62. The van der Waals surface area contributed by atoms with Gasteiger partial charge >= 0.3 is 0 Å². The lowest BCUT2D eigenvalue weighted by Gasteiger charge is -2.20. The maximum absolute atomic E-state index is 12.7. The highest BCUT2D eigenvalue weighted by atomic mass is 32.2. The van der Waals surface area contributed by atoms with Crippen molar-refractivity contribution in [3.05, 3.63) is 65.7 Å². The Balaban J connectivity index is 1.85. The highest BCUT2D eigenvalue weighted by molar-refractivity contribution is 7.89. The fraction of sp³-hybridized carbons (Fsp3) is 0.211. The van der Waals surface area contributed by atoms with Gasteiger partial charge in [-0.25, -0.2) is 13.6 Å². The quantitative estimate of drug-likeness (QED) is 0.881. The minimum absolute atomic E-state index is 0.0207. The molecule has 0 unspecified atom stereocenters. The molecule has 0 radical (unpaired) electrons. The molecule has 1 aliphatic rings. The maximum Gasteiger partial charge on any atom is 0.251 e. The van der Waals surface area contributed by atoms with Crippen LogP contribution < -0.4 is 10.5 Å². The molecule has 2 aromatic carbocycles. The number of hydrogen-bond acceptors (Lipinski definition) is 3. The van der Waals surface area contributed by atoms with Gasteiger partial charge in [0.25, 0.3) is 5.91 Å². The summed E-state index contributed by atoms with van der Waals surface area (Å²) in [5.74, 6) is -0.137. The first-order chi connectivity index (χ1) is 11.9. The lowest BCUT2D eigenvalue weighted by molar-refractivity contribution is -0.113. The second-order valence-electron chi connectivity index (χ2n) is 6.05. The number of carbonyl (C=O) groups excluding carboxylic acids is 1. The van der Waals surface area contributed by atoms with Crippen molar-refractivity contribution in [1.29, 1.82) is 0 Å². The van der Waals surface area contributed by atoms with E-state index in [1.54, 1.807) is 12.1 Å². The van der Waals surface area contributed by atoms with E-state index >= 15 is 0 Å². The van der Waals surface area contributed by atoms with Crippen molar-refractivity contribution in [2.75, 3.05) is 5.32 Å². The number of amides is 1. The Morgan fingerprint density at radius 3 is 2.20 bits per heavy atom. The number of anilines is 1. The Morgan fingerprint density at radius 1 is 0.920 bits per heavy atom. The Hall–Kier alpha value is -2.44.